The van der Waals surface area contributed by atoms with Crippen LogP contribution in [0.4, 0.5) is 4.39 Å². The number of halogens is 1. The maximum Gasteiger partial charge on any atom is 0.244 e. The largest absolute Gasteiger partial charge is 0.387 e. The Hall–Kier alpha value is -1.72. The van der Waals surface area contributed by atoms with E-state index in [9.17, 15) is 14.3 Å². The molecule has 1 amide bonds. The molecule has 0 heterocycles. The Morgan fingerprint density at radius 2 is 2.00 bits per heavy atom. The van der Waals surface area contributed by atoms with Crippen molar-refractivity contribution in [3.05, 3.63) is 41.7 Å². The first-order chi connectivity index (χ1) is 9.28. The van der Waals surface area contributed by atoms with Crippen LogP contribution in [0.15, 0.2) is 30.3 Å². The standard InChI is InChI=1S/C15H21FN2O2/c1-15(20,11-18(2)3)10-17-14(19)9-6-12-4-7-13(16)8-5-12/h4-9,20H,10-11H2,1-3H3,(H,17,19)/b9-6+. The molecule has 0 aliphatic rings. The first-order valence-electron chi connectivity index (χ1n) is 6.37. The van der Waals surface area contributed by atoms with Crippen molar-refractivity contribution < 1.29 is 14.3 Å². The lowest BCUT2D eigenvalue weighted by Crippen LogP contribution is -2.46. The number of aliphatic hydroxyl groups is 1. The van der Waals surface area contributed by atoms with Gasteiger partial charge in [0.05, 0.1) is 5.60 Å². The van der Waals surface area contributed by atoms with Gasteiger partial charge >= 0.3 is 0 Å². The Morgan fingerprint density at radius 1 is 1.40 bits per heavy atom. The van der Waals surface area contributed by atoms with Gasteiger partial charge in [0.25, 0.3) is 0 Å². The minimum Gasteiger partial charge on any atom is -0.387 e. The topological polar surface area (TPSA) is 52.6 Å². The molecule has 1 aromatic rings. The molecule has 0 saturated carbocycles. The summed E-state index contributed by atoms with van der Waals surface area (Å²) in [5, 5.41) is 12.7. The maximum absolute atomic E-state index is 12.7. The maximum atomic E-state index is 12.7. The molecule has 0 spiro atoms. The summed E-state index contributed by atoms with van der Waals surface area (Å²) in [6, 6.07) is 5.83. The number of likely N-dealkylation sites (N-methyl/N-ethyl adjacent to an activating group) is 1. The zero-order valence-corrected chi connectivity index (χ0v) is 12.1. The minimum atomic E-state index is -0.983. The van der Waals surface area contributed by atoms with E-state index in [1.54, 1.807) is 25.1 Å². The van der Waals surface area contributed by atoms with Crippen LogP contribution in [0.5, 0.6) is 0 Å². The molecule has 0 saturated heterocycles. The first-order valence-corrected chi connectivity index (χ1v) is 6.37. The lowest BCUT2D eigenvalue weighted by atomic mass is 10.1. The first kappa shape index (κ1) is 16.3. The van der Waals surface area contributed by atoms with Crippen LogP contribution in [0.2, 0.25) is 0 Å². The molecule has 0 radical (unpaired) electrons. The molecule has 0 bridgehead atoms. The van der Waals surface area contributed by atoms with Gasteiger partial charge in [-0.25, -0.2) is 4.39 Å². The van der Waals surface area contributed by atoms with Crippen molar-refractivity contribution in [2.75, 3.05) is 27.2 Å². The molecule has 1 rings (SSSR count). The molecule has 4 nitrogen and oxygen atoms in total. The van der Waals surface area contributed by atoms with Crippen molar-refractivity contribution in [1.82, 2.24) is 10.2 Å². The molecule has 0 aromatic heterocycles. The van der Waals surface area contributed by atoms with Crippen LogP contribution in [0.25, 0.3) is 6.08 Å². The number of amides is 1. The molecular formula is C15H21FN2O2. The zero-order valence-electron chi connectivity index (χ0n) is 12.1. The van der Waals surface area contributed by atoms with Crippen LogP contribution in [0, 0.1) is 5.82 Å². The highest BCUT2D eigenvalue weighted by atomic mass is 19.1. The highest BCUT2D eigenvalue weighted by Crippen LogP contribution is 2.05. The third-order valence-corrected chi connectivity index (χ3v) is 2.60. The summed E-state index contributed by atoms with van der Waals surface area (Å²) in [4.78, 5) is 13.5. The average molecular weight is 280 g/mol. The summed E-state index contributed by atoms with van der Waals surface area (Å²) in [6.45, 7) is 2.28. The molecule has 110 valence electrons. The van der Waals surface area contributed by atoms with Crippen molar-refractivity contribution >= 4 is 12.0 Å². The van der Waals surface area contributed by atoms with Gasteiger partial charge in [0, 0.05) is 19.2 Å². The summed E-state index contributed by atoms with van der Waals surface area (Å²) in [7, 11) is 3.70. The van der Waals surface area contributed by atoms with Gasteiger partial charge in [-0.3, -0.25) is 4.79 Å². The molecule has 20 heavy (non-hydrogen) atoms. The van der Waals surface area contributed by atoms with E-state index in [-0.39, 0.29) is 18.3 Å². The van der Waals surface area contributed by atoms with E-state index >= 15 is 0 Å². The number of nitrogens with one attached hydrogen (secondary N) is 1. The van der Waals surface area contributed by atoms with E-state index < -0.39 is 5.60 Å². The van der Waals surface area contributed by atoms with Gasteiger partial charge in [-0.1, -0.05) is 12.1 Å². The molecule has 0 fully saturated rings. The predicted molar refractivity (Wildman–Crippen MR) is 77.6 cm³/mol. The normalized spacial score (nSPS) is 14.5. The van der Waals surface area contributed by atoms with Crippen molar-refractivity contribution in [2.45, 2.75) is 12.5 Å². The summed E-state index contributed by atoms with van der Waals surface area (Å²) < 4.78 is 12.7. The fourth-order valence-electron chi connectivity index (χ4n) is 1.82. The molecule has 0 aliphatic carbocycles. The van der Waals surface area contributed by atoms with Gasteiger partial charge in [-0.15, -0.1) is 0 Å². The van der Waals surface area contributed by atoms with E-state index in [0.717, 1.165) is 5.56 Å². The van der Waals surface area contributed by atoms with E-state index in [1.165, 1.54) is 18.2 Å². The number of hydrogen-bond donors (Lipinski definition) is 2. The Kier molecular flexibility index (Phi) is 5.85. The van der Waals surface area contributed by atoms with Crippen molar-refractivity contribution in [2.24, 2.45) is 0 Å². The second-order valence-corrected chi connectivity index (χ2v) is 5.34. The third-order valence-electron chi connectivity index (χ3n) is 2.60. The van der Waals surface area contributed by atoms with Crippen LogP contribution in [0.3, 0.4) is 0 Å². The average Bonchev–Trinajstić information content (AvgIpc) is 2.34. The number of carbonyl (C=O) groups is 1. The van der Waals surface area contributed by atoms with Crippen LogP contribution in [-0.4, -0.2) is 48.7 Å². The number of rotatable bonds is 6. The number of carbonyl (C=O) groups excluding carboxylic acids is 1. The highest BCUT2D eigenvalue weighted by Gasteiger charge is 2.21. The predicted octanol–water partition coefficient (Wildman–Crippen LogP) is 1.27. The second kappa shape index (κ2) is 7.17. The van der Waals surface area contributed by atoms with Gasteiger partial charge in [-0.05, 0) is 44.8 Å². The molecule has 1 atom stereocenters. The Labute approximate surface area is 118 Å². The summed E-state index contributed by atoms with van der Waals surface area (Å²) in [6.07, 6.45) is 2.95. The monoisotopic (exact) mass is 280 g/mol. The lowest BCUT2D eigenvalue weighted by Gasteiger charge is -2.26. The van der Waals surface area contributed by atoms with E-state index in [1.807, 2.05) is 19.0 Å². The van der Waals surface area contributed by atoms with Crippen LogP contribution in [0.1, 0.15) is 12.5 Å². The second-order valence-electron chi connectivity index (χ2n) is 5.34. The molecular weight excluding hydrogens is 259 g/mol. The van der Waals surface area contributed by atoms with E-state index in [2.05, 4.69) is 5.32 Å². The zero-order chi connectivity index (χ0) is 15.2. The SMILES string of the molecule is CN(C)CC(C)(O)CNC(=O)/C=C/c1ccc(F)cc1. The molecule has 0 aliphatic heterocycles. The van der Waals surface area contributed by atoms with Crippen molar-refractivity contribution in [3.8, 4) is 0 Å². The van der Waals surface area contributed by atoms with Crippen molar-refractivity contribution in [1.29, 1.82) is 0 Å². The summed E-state index contributed by atoms with van der Waals surface area (Å²) in [5.74, 6) is -0.611. The quantitative estimate of drug-likeness (QED) is 0.772. The van der Waals surface area contributed by atoms with Gasteiger partial charge in [0.2, 0.25) is 5.91 Å². The molecule has 5 heteroatoms. The molecule has 1 unspecified atom stereocenters. The molecule has 1 aromatic carbocycles. The van der Waals surface area contributed by atoms with Gasteiger partial charge in [-0.2, -0.15) is 0 Å². The highest BCUT2D eigenvalue weighted by molar-refractivity contribution is 5.91. The lowest BCUT2D eigenvalue weighted by molar-refractivity contribution is -0.117. The molecule has 2 N–H and O–H groups in total. The van der Waals surface area contributed by atoms with Gasteiger partial charge < -0.3 is 15.3 Å². The number of benzene rings is 1. The smallest absolute Gasteiger partial charge is 0.244 e. The van der Waals surface area contributed by atoms with Crippen LogP contribution < -0.4 is 5.32 Å². The van der Waals surface area contributed by atoms with E-state index in [4.69, 9.17) is 0 Å². The Balaban J connectivity index is 2.45. The summed E-state index contributed by atoms with van der Waals surface area (Å²) >= 11 is 0. The summed E-state index contributed by atoms with van der Waals surface area (Å²) in [5.41, 5.74) is -0.246. The fraction of sp³-hybridized carbons (Fsp3) is 0.400. The third kappa shape index (κ3) is 6.45. The van der Waals surface area contributed by atoms with Crippen LogP contribution >= 0.6 is 0 Å². The number of nitrogens with zero attached hydrogens (tertiary/aromatic N) is 1. The fourth-order valence-corrected chi connectivity index (χ4v) is 1.82. The van der Waals surface area contributed by atoms with Gasteiger partial charge in [0.1, 0.15) is 5.82 Å². The number of hydrogen-bond acceptors (Lipinski definition) is 3. The van der Waals surface area contributed by atoms with Crippen molar-refractivity contribution in [3.63, 3.8) is 0 Å². The van der Waals surface area contributed by atoms with E-state index in [0.29, 0.717) is 6.54 Å². The minimum absolute atomic E-state index is 0.164. The Morgan fingerprint density at radius 3 is 2.55 bits per heavy atom. The Bertz CT molecular complexity index is 467. The van der Waals surface area contributed by atoms with Crippen LogP contribution in [-0.2, 0) is 4.79 Å². The van der Waals surface area contributed by atoms with Gasteiger partial charge in [0.15, 0.2) is 0 Å².